The lowest BCUT2D eigenvalue weighted by atomic mass is 10.0. The molecule has 0 unspecified atom stereocenters. The highest BCUT2D eigenvalue weighted by atomic mass is 79.9. The zero-order valence-electron chi connectivity index (χ0n) is 12.2. The van der Waals surface area contributed by atoms with E-state index in [-0.39, 0.29) is 11.3 Å². The average Bonchev–Trinajstić information content (AvgIpc) is 2.49. The molecule has 0 atom stereocenters. The summed E-state index contributed by atoms with van der Waals surface area (Å²) in [7, 11) is 0. The van der Waals surface area contributed by atoms with Gasteiger partial charge in [0.15, 0.2) is 6.61 Å². The maximum Gasteiger partial charge on any atom is 0.341 e. The van der Waals surface area contributed by atoms with E-state index in [1.165, 1.54) is 12.1 Å². The van der Waals surface area contributed by atoms with Gasteiger partial charge in [-0.15, -0.1) is 0 Å². The van der Waals surface area contributed by atoms with Crippen molar-refractivity contribution >= 4 is 27.7 Å². The van der Waals surface area contributed by atoms with E-state index in [4.69, 9.17) is 4.74 Å². The van der Waals surface area contributed by atoms with E-state index in [9.17, 15) is 14.0 Å². The second-order valence-electron chi connectivity index (χ2n) is 4.94. The van der Waals surface area contributed by atoms with Crippen molar-refractivity contribution in [2.45, 2.75) is 13.8 Å². The molecule has 22 heavy (non-hydrogen) atoms. The number of aryl methyl sites for hydroxylation is 2. The molecule has 0 spiro atoms. The van der Waals surface area contributed by atoms with Gasteiger partial charge in [0.25, 0.3) is 0 Å². The van der Waals surface area contributed by atoms with Crippen LogP contribution < -0.4 is 0 Å². The van der Waals surface area contributed by atoms with E-state index in [1.807, 2.05) is 26.0 Å². The summed E-state index contributed by atoms with van der Waals surface area (Å²) in [5.74, 6) is -1.87. The van der Waals surface area contributed by atoms with E-state index in [0.29, 0.717) is 10.0 Å². The number of carbonyl (C=O) groups excluding carboxylic acids is 2. The number of hydrogen-bond donors (Lipinski definition) is 0. The third kappa shape index (κ3) is 3.80. The third-order valence-electron chi connectivity index (χ3n) is 3.18. The lowest BCUT2D eigenvalue weighted by molar-refractivity contribution is 0.0470. The first-order chi connectivity index (χ1) is 10.4. The van der Waals surface area contributed by atoms with Crippen molar-refractivity contribution in [1.82, 2.24) is 0 Å². The molecule has 5 heteroatoms. The lowest BCUT2D eigenvalue weighted by Crippen LogP contribution is -2.16. The molecule has 2 aromatic carbocycles. The Labute approximate surface area is 136 Å². The smallest absolute Gasteiger partial charge is 0.341 e. The summed E-state index contributed by atoms with van der Waals surface area (Å²) in [6.07, 6.45) is 0. The van der Waals surface area contributed by atoms with Gasteiger partial charge in [0.1, 0.15) is 5.82 Å². The van der Waals surface area contributed by atoms with Gasteiger partial charge in [0, 0.05) is 10.0 Å². The molecule has 0 aliphatic rings. The zero-order chi connectivity index (χ0) is 16.3. The number of ketones is 1. The molecule has 0 N–H and O–H groups in total. The summed E-state index contributed by atoms with van der Waals surface area (Å²) in [5.41, 5.74) is 2.05. The van der Waals surface area contributed by atoms with Crippen LogP contribution in [0.15, 0.2) is 40.9 Å². The highest BCUT2D eigenvalue weighted by Gasteiger charge is 2.17. The lowest BCUT2D eigenvalue weighted by Gasteiger charge is -2.08. The monoisotopic (exact) mass is 364 g/mol. The molecule has 2 aromatic rings. The van der Waals surface area contributed by atoms with Crippen molar-refractivity contribution in [3.05, 3.63) is 68.9 Å². The summed E-state index contributed by atoms with van der Waals surface area (Å²) >= 11 is 3.16. The predicted octanol–water partition coefficient (Wildman–Crippen LogP) is 4.24. The minimum Gasteiger partial charge on any atom is -0.454 e. The van der Waals surface area contributed by atoms with Gasteiger partial charge in [0.2, 0.25) is 5.78 Å². The van der Waals surface area contributed by atoms with Gasteiger partial charge in [-0.1, -0.05) is 33.6 Å². The van der Waals surface area contributed by atoms with Gasteiger partial charge >= 0.3 is 5.97 Å². The second kappa shape index (κ2) is 6.83. The number of carbonyl (C=O) groups is 2. The maximum atomic E-state index is 13.6. The van der Waals surface area contributed by atoms with Crippen LogP contribution in [0.1, 0.15) is 31.8 Å². The number of hydrogen-bond acceptors (Lipinski definition) is 3. The fraction of sp³-hybridized carbons (Fsp3) is 0.176. The van der Waals surface area contributed by atoms with Crippen LogP contribution >= 0.6 is 15.9 Å². The Balaban J connectivity index is 2.09. The van der Waals surface area contributed by atoms with E-state index < -0.39 is 18.4 Å². The first-order valence-corrected chi connectivity index (χ1v) is 7.40. The van der Waals surface area contributed by atoms with Crippen molar-refractivity contribution in [1.29, 1.82) is 0 Å². The fourth-order valence-electron chi connectivity index (χ4n) is 1.98. The van der Waals surface area contributed by atoms with Gasteiger partial charge in [-0.25, -0.2) is 9.18 Å². The van der Waals surface area contributed by atoms with Crippen molar-refractivity contribution < 1.29 is 18.7 Å². The van der Waals surface area contributed by atoms with Crippen LogP contribution in [0.2, 0.25) is 0 Å². The van der Waals surface area contributed by atoms with Crippen molar-refractivity contribution in [3.8, 4) is 0 Å². The molecular weight excluding hydrogens is 351 g/mol. The fourth-order valence-corrected chi connectivity index (χ4v) is 2.34. The summed E-state index contributed by atoms with van der Waals surface area (Å²) in [6.45, 7) is 3.26. The highest BCUT2D eigenvalue weighted by molar-refractivity contribution is 9.10. The van der Waals surface area contributed by atoms with Gasteiger partial charge in [-0.2, -0.15) is 0 Å². The molecule has 0 aromatic heterocycles. The molecule has 2 rings (SSSR count). The Bertz CT molecular complexity index is 677. The molecular formula is C17H14BrFO3. The van der Waals surface area contributed by atoms with Crippen molar-refractivity contribution in [2.75, 3.05) is 6.61 Å². The van der Waals surface area contributed by atoms with Gasteiger partial charge in [0.05, 0.1) is 5.56 Å². The van der Waals surface area contributed by atoms with Gasteiger partial charge < -0.3 is 4.74 Å². The molecule has 0 amide bonds. The summed E-state index contributed by atoms with van der Waals surface area (Å²) in [6, 6.07) is 9.43. The van der Waals surface area contributed by atoms with Gasteiger partial charge in [-0.05, 0) is 43.7 Å². The number of benzene rings is 2. The summed E-state index contributed by atoms with van der Waals surface area (Å²) < 4.78 is 19.1. The minimum atomic E-state index is -0.863. The van der Waals surface area contributed by atoms with Crippen LogP contribution in [0.25, 0.3) is 0 Å². The second-order valence-corrected chi connectivity index (χ2v) is 5.86. The average molecular weight is 365 g/mol. The Kier molecular flexibility index (Phi) is 5.08. The standard InChI is InChI=1S/C17H14BrFO3/c1-10-3-4-11(2)13(7-10)16(20)9-22-17(21)14-8-12(18)5-6-15(14)19/h3-8H,9H2,1-2H3. The Morgan fingerprint density at radius 1 is 1.09 bits per heavy atom. The van der Waals surface area contributed by atoms with E-state index in [1.54, 1.807) is 6.07 Å². The van der Waals surface area contributed by atoms with E-state index in [0.717, 1.165) is 17.2 Å². The van der Waals surface area contributed by atoms with Crippen LogP contribution in [-0.2, 0) is 4.74 Å². The third-order valence-corrected chi connectivity index (χ3v) is 3.67. The topological polar surface area (TPSA) is 43.4 Å². The number of ether oxygens (including phenoxy) is 1. The van der Waals surface area contributed by atoms with Crippen LogP contribution in [0.5, 0.6) is 0 Å². The molecule has 0 saturated heterocycles. The maximum absolute atomic E-state index is 13.6. The normalized spacial score (nSPS) is 10.4. The van der Waals surface area contributed by atoms with Gasteiger partial charge in [-0.3, -0.25) is 4.79 Å². The molecule has 0 saturated carbocycles. The molecule has 0 aliphatic carbocycles. The molecule has 0 radical (unpaired) electrons. The Hall–Kier alpha value is -2.01. The quantitative estimate of drug-likeness (QED) is 0.601. The molecule has 3 nitrogen and oxygen atoms in total. The van der Waals surface area contributed by atoms with Crippen LogP contribution in [0.4, 0.5) is 4.39 Å². The molecule has 0 heterocycles. The zero-order valence-corrected chi connectivity index (χ0v) is 13.7. The summed E-state index contributed by atoms with van der Waals surface area (Å²) in [5, 5.41) is 0. The first kappa shape index (κ1) is 16.4. The predicted molar refractivity (Wildman–Crippen MR) is 84.6 cm³/mol. The number of rotatable bonds is 4. The molecule has 114 valence electrons. The number of Topliss-reactive ketones (excluding diaryl/α,β-unsaturated/α-hetero) is 1. The SMILES string of the molecule is Cc1ccc(C)c(C(=O)COC(=O)c2cc(Br)ccc2F)c1. The van der Waals surface area contributed by atoms with Crippen molar-refractivity contribution in [3.63, 3.8) is 0 Å². The number of esters is 1. The summed E-state index contributed by atoms with van der Waals surface area (Å²) in [4.78, 5) is 24.0. The Morgan fingerprint density at radius 2 is 1.82 bits per heavy atom. The highest BCUT2D eigenvalue weighted by Crippen LogP contribution is 2.17. The van der Waals surface area contributed by atoms with E-state index in [2.05, 4.69) is 15.9 Å². The molecule has 0 aliphatic heterocycles. The number of halogens is 2. The van der Waals surface area contributed by atoms with Crippen LogP contribution in [0, 0.1) is 19.7 Å². The Morgan fingerprint density at radius 3 is 2.55 bits per heavy atom. The van der Waals surface area contributed by atoms with Crippen LogP contribution in [-0.4, -0.2) is 18.4 Å². The van der Waals surface area contributed by atoms with Crippen molar-refractivity contribution in [2.24, 2.45) is 0 Å². The first-order valence-electron chi connectivity index (χ1n) is 6.61. The minimum absolute atomic E-state index is 0.205. The van der Waals surface area contributed by atoms with E-state index >= 15 is 0 Å². The molecule has 0 fully saturated rings. The molecule has 0 bridgehead atoms. The largest absolute Gasteiger partial charge is 0.454 e. The van der Waals surface area contributed by atoms with Crippen LogP contribution in [0.3, 0.4) is 0 Å².